The monoisotopic (exact) mass is 387 g/mol. The van der Waals surface area contributed by atoms with E-state index in [1.807, 2.05) is 25.3 Å². The van der Waals surface area contributed by atoms with Gasteiger partial charge in [-0.25, -0.2) is 4.39 Å². The van der Waals surface area contributed by atoms with Gasteiger partial charge in [-0.15, -0.1) is 12.6 Å². The zero-order valence-corrected chi connectivity index (χ0v) is 17.3. The topological polar surface area (TPSA) is 27.6 Å². The lowest BCUT2D eigenvalue weighted by Gasteiger charge is -2.24. The predicted molar refractivity (Wildman–Crippen MR) is 116 cm³/mol. The lowest BCUT2D eigenvalue weighted by Crippen LogP contribution is -2.22. The molecule has 2 heterocycles. The molecule has 1 N–H and O–H groups in total. The second kappa shape index (κ2) is 9.45. The lowest BCUT2D eigenvalue weighted by molar-refractivity contribution is 0.413. The minimum atomic E-state index is -0.0712. The highest BCUT2D eigenvalue weighted by Crippen LogP contribution is 2.30. The summed E-state index contributed by atoms with van der Waals surface area (Å²) in [6, 6.07) is 0. The molecule has 0 bridgehead atoms. The summed E-state index contributed by atoms with van der Waals surface area (Å²) in [5.74, 6) is -0.0712. The summed E-state index contributed by atoms with van der Waals surface area (Å²) in [5.41, 5.74) is 4.51. The van der Waals surface area contributed by atoms with E-state index in [0.29, 0.717) is 0 Å². The van der Waals surface area contributed by atoms with E-state index in [1.54, 1.807) is 0 Å². The minimum absolute atomic E-state index is 0.0712. The Labute approximate surface area is 167 Å². The first kappa shape index (κ1) is 20.0. The zero-order chi connectivity index (χ0) is 19.2. The van der Waals surface area contributed by atoms with Crippen molar-refractivity contribution in [2.24, 2.45) is 4.99 Å². The van der Waals surface area contributed by atoms with Crippen molar-refractivity contribution in [2.45, 2.75) is 52.4 Å². The van der Waals surface area contributed by atoms with Gasteiger partial charge < -0.3 is 10.2 Å². The van der Waals surface area contributed by atoms with Crippen LogP contribution in [0.2, 0.25) is 0 Å². The molecule has 0 atom stereocenters. The zero-order valence-electron chi connectivity index (χ0n) is 16.4. The van der Waals surface area contributed by atoms with Crippen LogP contribution in [-0.4, -0.2) is 30.2 Å². The van der Waals surface area contributed by atoms with Gasteiger partial charge in [-0.2, -0.15) is 0 Å². The molecule has 0 spiro atoms. The van der Waals surface area contributed by atoms with Crippen LogP contribution in [0.15, 0.2) is 62.7 Å². The molecule has 0 amide bonds. The fraction of sp³-hybridized carbons (Fsp3) is 0.500. The first-order valence-electron chi connectivity index (χ1n) is 9.96. The Bertz CT molecular complexity index is 750. The number of hydrogen-bond acceptors (Lipinski definition) is 4. The van der Waals surface area contributed by atoms with Gasteiger partial charge in [-0.05, 0) is 75.4 Å². The van der Waals surface area contributed by atoms with Crippen molar-refractivity contribution in [3.63, 3.8) is 0 Å². The van der Waals surface area contributed by atoms with E-state index in [-0.39, 0.29) is 12.2 Å². The summed E-state index contributed by atoms with van der Waals surface area (Å²) in [7, 11) is 0. The van der Waals surface area contributed by atoms with E-state index in [2.05, 4.69) is 35.8 Å². The second-order valence-electron chi connectivity index (χ2n) is 7.45. The highest BCUT2D eigenvalue weighted by atomic mass is 32.1. The Morgan fingerprint density at radius 2 is 1.89 bits per heavy atom. The second-order valence-corrected chi connectivity index (χ2v) is 7.93. The third-order valence-electron chi connectivity index (χ3n) is 5.30. The van der Waals surface area contributed by atoms with Crippen LogP contribution in [0.5, 0.6) is 0 Å². The Kier molecular flexibility index (Phi) is 7.00. The van der Waals surface area contributed by atoms with Gasteiger partial charge in [0.2, 0.25) is 0 Å². The average molecular weight is 388 g/mol. The molecular weight excluding hydrogens is 357 g/mol. The first-order valence-corrected chi connectivity index (χ1v) is 10.4. The number of nitrogens with zero attached hydrogens (tertiary/aromatic N) is 2. The third-order valence-corrected chi connectivity index (χ3v) is 5.66. The maximum atomic E-state index is 14.8. The van der Waals surface area contributed by atoms with Crippen molar-refractivity contribution in [3.8, 4) is 0 Å². The molecule has 2 aliphatic heterocycles. The van der Waals surface area contributed by atoms with Gasteiger partial charge in [0.25, 0.3) is 0 Å². The number of aliphatic imine (C=N–C) groups is 1. The summed E-state index contributed by atoms with van der Waals surface area (Å²) in [4.78, 5) is 7.82. The maximum absolute atomic E-state index is 14.8. The highest BCUT2D eigenvalue weighted by Gasteiger charge is 2.23. The number of halogens is 1. The lowest BCUT2D eigenvalue weighted by atomic mass is 9.99. The molecular formula is C22H30FN3S. The molecule has 1 fully saturated rings. The van der Waals surface area contributed by atoms with Crippen molar-refractivity contribution in [1.29, 1.82) is 0 Å². The molecule has 0 aromatic heterocycles. The Hall–Kier alpha value is -1.75. The molecule has 146 valence electrons. The van der Waals surface area contributed by atoms with Gasteiger partial charge in [0.1, 0.15) is 5.83 Å². The molecule has 3 aliphatic rings. The first-order chi connectivity index (χ1) is 13.1. The minimum Gasteiger partial charge on any atom is -0.391 e. The van der Waals surface area contributed by atoms with Crippen LogP contribution in [0.25, 0.3) is 0 Å². The molecule has 0 aromatic carbocycles. The third kappa shape index (κ3) is 5.16. The van der Waals surface area contributed by atoms with Gasteiger partial charge in [0.15, 0.2) is 0 Å². The predicted octanol–water partition coefficient (Wildman–Crippen LogP) is 5.43. The van der Waals surface area contributed by atoms with E-state index >= 15 is 0 Å². The number of nitrogens with one attached hydrogen (secondary N) is 1. The van der Waals surface area contributed by atoms with Crippen LogP contribution in [0, 0.1) is 0 Å². The van der Waals surface area contributed by atoms with Crippen LogP contribution in [0.4, 0.5) is 4.39 Å². The molecule has 0 saturated carbocycles. The van der Waals surface area contributed by atoms with Crippen molar-refractivity contribution in [3.05, 3.63) is 57.7 Å². The van der Waals surface area contributed by atoms with Crippen molar-refractivity contribution in [2.75, 3.05) is 19.6 Å². The van der Waals surface area contributed by atoms with Gasteiger partial charge in [0.05, 0.1) is 17.1 Å². The number of likely N-dealkylation sites (tertiary alicyclic amines) is 1. The molecule has 0 aromatic rings. The van der Waals surface area contributed by atoms with Gasteiger partial charge in [0, 0.05) is 31.0 Å². The molecule has 27 heavy (non-hydrogen) atoms. The number of thiol groups is 1. The van der Waals surface area contributed by atoms with Crippen molar-refractivity contribution >= 4 is 18.3 Å². The van der Waals surface area contributed by atoms with Crippen molar-refractivity contribution in [1.82, 2.24) is 10.2 Å². The molecule has 0 unspecified atom stereocenters. The van der Waals surface area contributed by atoms with E-state index < -0.39 is 0 Å². The molecule has 1 aliphatic carbocycles. The van der Waals surface area contributed by atoms with E-state index in [4.69, 9.17) is 4.99 Å². The number of allylic oxidation sites excluding steroid dienone is 6. The van der Waals surface area contributed by atoms with Crippen molar-refractivity contribution < 1.29 is 4.39 Å². The van der Waals surface area contributed by atoms with E-state index in [9.17, 15) is 4.39 Å². The SMILES string of the molecule is CC1=CC(N2CCCC2)=C(F)CC1=NC1=C(S)/C=C/NCCCC/C=C\1C. The highest BCUT2D eigenvalue weighted by molar-refractivity contribution is 7.84. The molecule has 5 heteroatoms. The van der Waals surface area contributed by atoms with Gasteiger partial charge in [-0.1, -0.05) is 6.08 Å². The average Bonchev–Trinajstić information content (AvgIpc) is 3.16. The molecule has 3 rings (SSSR count). The Balaban J connectivity index is 1.91. The van der Waals surface area contributed by atoms with Gasteiger partial charge >= 0.3 is 0 Å². The van der Waals surface area contributed by atoms with Crippen LogP contribution >= 0.6 is 12.6 Å². The van der Waals surface area contributed by atoms with Crippen LogP contribution < -0.4 is 5.32 Å². The van der Waals surface area contributed by atoms with E-state index in [0.717, 1.165) is 84.9 Å². The fourth-order valence-corrected chi connectivity index (χ4v) is 3.96. The molecule has 3 nitrogen and oxygen atoms in total. The smallest absolute Gasteiger partial charge is 0.129 e. The summed E-state index contributed by atoms with van der Waals surface area (Å²) < 4.78 is 14.8. The van der Waals surface area contributed by atoms with E-state index in [1.165, 1.54) is 0 Å². The quantitative estimate of drug-likeness (QED) is 0.618. The van der Waals surface area contributed by atoms with Crippen LogP contribution in [0.1, 0.15) is 52.4 Å². The largest absolute Gasteiger partial charge is 0.391 e. The molecule has 1 saturated heterocycles. The Morgan fingerprint density at radius 1 is 1.11 bits per heavy atom. The number of rotatable bonds is 2. The summed E-state index contributed by atoms with van der Waals surface area (Å²) >= 11 is 4.66. The number of hydrogen-bond donors (Lipinski definition) is 2. The standard InChI is InChI=1S/C22H30FN3S/c1-16-8-4-3-5-10-24-11-9-21(27)22(16)25-19-15-18(23)20(14-17(19)2)26-12-6-7-13-26/h8-9,11,14,24,27H,3-7,10,12-13,15H2,1-2H3/b11-9+,16-8-,22-21-,25-19?. The summed E-state index contributed by atoms with van der Waals surface area (Å²) in [6.45, 7) is 6.96. The van der Waals surface area contributed by atoms with Crippen LogP contribution in [-0.2, 0) is 0 Å². The van der Waals surface area contributed by atoms with Gasteiger partial charge in [-0.3, -0.25) is 4.99 Å². The normalized spacial score (nSPS) is 29.8. The van der Waals surface area contributed by atoms with Crippen LogP contribution in [0.3, 0.4) is 0 Å². The fourth-order valence-electron chi connectivity index (χ4n) is 3.66. The summed E-state index contributed by atoms with van der Waals surface area (Å²) in [6.07, 6.45) is 13.9. The Morgan fingerprint density at radius 3 is 2.67 bits per heavy atom. The maximum Gasteiger partial charge on any atom is 0.129 e. The molecule has 0 radical (unpaired) electrons. The summed E-state index contributed by atoms with van der Waals surface area (Å²) in [5, 5.41) is 3.29.